The lowest BCUT2D eigenvalue weighted by molar-refractivity contribution is -0.137. The normalized spacial score (nSPS) is 19.0. The molecule has 1 aromatic heterocycles. The average Bonchev–Trinajstić information content (AvgIpc) is 3.20. The molecule has 0 saturated carbocycles. The molecule has 1 N–H and O–H groups in total. The molecule has 0 radical (unpaired) electrons. The Morgan fingerprint density at radius 3 is 2.75 bits per heavy atom. The molecule has 4 rings (SSSR count). The number of ketones is 1. The number of nitrogens with one attached hydrogen (secondary N) is 1. The van der Waals surface area contributed by atoms with Gasteiger partial charge < -0.3 is 9.64 Å². The average molecular weight is 461 g/mol. The lowest BCUT2D eigenvalue weighted by Gasteiger charge is -2.36. The number of rotatable bonds is 6. The van der Waals surface area contributed by atoms with Crippen molar-refractivity contribution < 1.29 is 23.5 Å². The molecule has 32 heavy (non-hydrogen) atoms. The largest absolute Gasteiger partial charge is 0.383 e. The third-order valence-corrected chi connectivity index (χ3v) is 6.83. The molecular formula is C22H25FN4O4S. The standard InChI is InChI=1S/C22H25FN4O4S/c1-31-10-9-26-5-7-27(8-6-26)21(30)15-12-17-19(18(28)13-15)32-22(24-17)25-20(29)14-3-2-4-16(23)11-14/h2-4,11,15H,5-10,12-13H2,1H3,(H,24,25,29). The molecule has 170 valence electrons. The van der Waals surface area contributed by atoms with Gasteiger partial charge in [-0.15, -0.1) is 0 Å². The van der Waals surface area contributed by atoms with Crippen LogP contribution in [0.4, 0.5) is 9.52 Å². The van der Waals surface area contributed by atoms with E-state index < -0.39 is 17.6 Å². The molecule has 1 fully saturated rings. The zero-order valence-corrected chi connectivity index (χ0v) is 18.6. The van der Waals surface area contributed by atoms with Gasteiger partial charge in [0.1, 0.15) is 5.82 Å². The molecule has 2 heterocycles. The first-order valence-electron chi connectivity index (χ1n) is 10.5. The van der Waals surface area contributed by atoms with Crippen molar-refractivity contribution in [2.75, 3.05) is 51.8 Å². The number of nitrogens with zero attached hydrogens (tertiary/aromatic N) is 3. The summed E-state index contributed by atoms with van der Waals surface area (Å²) in [5, 5.41) is 2.91. The Labute approximate surface area is 189 Å². The Balaban J connectivity index is 1.38. The van der Waals surface area contributed by atoms with Gasteiger partial charge in [-0.2, -0.15) is 0 Å². The van der Waals surface area contributed by atoms with Gasteiger partial charge in [0.2, 0.25) is 5.91 Å². The van der Waals surface area contributed by atoms with Crippen LogP contribution in [0.1, 0.15) is 32.1 Å². The van der Waals surface area contributed by atoms with Crippen molar-refractivity contribution in [1.82, 2.24) is 14.8 Å². The summed E-state index contributed by atoms with van der Waals surface area (Å²) < 4.78 is 18.5. The summed E-state index contributed by atoms with van der Waals surface area (Å²) in [5.41, 5.74) is 0.708. The number of carbonyl (C=O) groups is 3. The summed E-state index contributed by atoms with van der Waals surface area (Å²) in [7, 11) is 1.67. The number of carbonyl (C=O) groups excluding carboxylic acids is 3. The van der Waals surface area contributed by atoms with Gasteiger partial charge in [0.05, 0.1) is 23.1 Å². The van der Waals surface area contributed by atoms with Crippen LogP contribution in [0, 0.1) is 11.7 Å². The molecular weight excluding hydrogens is 435 g/mol. The number of thiazole rings is 1. The van der Waals surface area contributed by atoms with Crippen LogP contribution < -0.4 is 5.32 Å². The van der Waals surface area contributed by atoms with Gasteiger partial charge in [0.25, 0.3) is 5.91 Å². The van der Waals surface area contributed by atoms with Gasteiger partial charge >= 0.3 is 0 Å². The second kappa shape index (κ2) is 9.85. The number of amides is 2. The van der Waals surface area contributed by atoms with Crippen LogP contribution in [-0.2, 0) is 16.0 Å². The maximum absolute atomic E-state index is 13.4. The minimum Gasteiger partial charge on any atom is -0.383 e. The van der Waals surface area contributed by atoms with Crippen molar-refractivity contribution in [2.24, 2.45) is 5.92 Å². The predicted molar refractivity (Wildman–Crippen MR) is 118 cm³/mol. The summed E-state index contributed by atoms with van der Waals surface area (Å²) in [6.45, 7) is 4.34. The monoisotopic (exact) mass is 460 g/mol. The smallest absolute Gasteiger partial charge is 0.257 e. The molecule has 2 amide bonds. The van der Waals surface area contributed by atoms with Crippen molar-refractivity contribution in [1.29, 1.82) is 0 Å². The molecule has 1 unspecified atom stereocenters. The van der Waals surface area contributed by atoms with E-state index in [1.54, 1.807) is 7.11 Å². The molecule has 2 aliphatic rings. The molecule has 8 nitrogen and oxygen atoms in total. The van der Waals surface area contributed by atoms with Crippen LogP contribution in [0.25, 0.3) is 0 Å². The highest BCUT2D eigenvalue weighted by Gasteiger charge is 2.36. The van der Waals surface area contributed by atoms with E-state index in [2.05, 4.69) is 15.2 Å². The molecule has 2 aromatic rings. The van der Waals surface area contributed by atoms with Crippen molar-refractivity contribution in [2.45, 2.75) is 12.8 Å². The predicted octanol–water partition coefficient (Wildman–Crippen LogP) is 2.07. The highest BCUT2D eigenvalue weighted by molar-refractivity contribution is 7.17. The molecule has 1 saturated heterocycles. The summed E-state index contributed by atoms with van der Waals surface area (Å²) in [6.07, 6.45) is 0.519. The van der Waals surface area contributed by atoms with E-state index in [1.165, 1.54) is 18.2 Å². The van der Waals surface area contributed by atoms with Gasteiger partial charge in [0, 0.05) is 58.2 Å². The number of hydrogen-bond acceptors (Lipinski definition) is 7. The van der Waals surface area contributed by atoms with Gasteiger partial charge in [-0.1, -0.05) is 17.4 Å². The number of fused-ring (bicyclic) bond motifs is 1. The lowest BCUT2D eigenvalue weighted by atomic mass is 9.88. The first-order valence-corrected chi connectivity index (χ1v) is 11.4. The first-order chi connectivity index (χ1) is 15.4. The summed E-state index contributed by atoms with van der Waals surface area (Å²) in [4.78, 5) is 47.0. The molecule has 1 aromatic carbocycles. The number of ether oxygens (including phenoxy) is 1. The summed E-state index contributed by atoms with van der Waals surface area (Å²) in [6, 6.07) is 5.35. The Kier molecular flexibility index (Phi) is 6.92. The van der Waals surface area contributed by atoms with Crippen LogP contribution in [0.3, 0.4) is 0 Å². The third kappa shape index (κ3) is 5.03. The Hall–Kier alpha value is -2.69. The van der Waals surface area contributed by atoms with E-state index in [0.717, 1.165) is 37.0 Å². The van der Waals surface area contributed by atoms with E-state index in [0.29, 0.717) is 36.7 Å². The molecule has 1 aliphatic carbocycles. The maximum atomic E-state index is 13.4. The minimum atomic E-state index is -0.507. The van der Waals surface area contributed by atoms with E-state index in [1.807, 2.05) is 4.90 Å². The molecule has 1 aliphatic heterocycles. The SMILES string of the molecule is COCCN1CCN(C(=O)C2CC(=O)c3sc(NC(=O)c4cccc(F)c4)nc3C2)CC1. The van der Waals surface area contributed by atoms with Crippen molar-refractivity contribution in [3.8, 4) is 0 Å². The topological polar surface area (TPSA) is 91.8 Å². The van der Waals surface area contributed by atoms with Crippen molar-refractivity contribution in [3.05, 3.63) is 46.2 Å². The number of anilines is 1. The van der Waals surface area contributed by atoms with Crippen LogP contribution in [0.5, 0.6) is 0 Å². The maximum Gasteiger partial charge on any atom is 0.257 e. The Morgan fingerprint density at radius 1 is 1.25 bits per heavy atom. The number of hydrogen-bond donors (Lipinski definition) is 1. The highest BCUT2D eigenvalue weighted by Crippen LogP contribution is 2.33. The first kappa shape index (κ1) is 22.5. The fraction of sp³-hybridized carbons (Fsp3) is 0.455. The molecule has 0 bridgehead atoms. The van der Waals surface area contributed by atoms with Crippen LogP contribution in [-0.4, -0.2) is 78.8 Å². The van der Waals surface area contributed by atoms with E-state index >= 15 is 0 Å². The molecule has 0 spiro atoms. The Morgan fingerprint density at radius 2 is 2.03 bits per heavy atom. The third-order valence-electron chi connectivity index (χ3n) is 5.77. The van der Waals surface area contributed by atoms with Crippen molar-refractivity contribution >= 4 is 34.1 Å². The van der Waals surface area contributed by atoms with Crippen LogP contribution in [0.2, 0.25) is 0 Å². The zero-order chi connectivity index (χ0) is 22.7. The van der Waals surface area contributed by atoms with Gasteiger partial charge in [-0.25, -0.2) is 9.37 Å². The second-order valence-electron chi connectivity index (χ2n) is 7.95. The van der Waals surface area contributed by atoms with Gasteiger partial charge in [0.15, 0.2) is 10.9 Å². The van der Waals surface area contributed by atoms with Gasteiger partial charge in [-0.05, 0) is 18.2 Å². The second-order valence-corrected chi connectivity index (χ2v) is 8.95. The summed E-state index contributed by atoms with van der Waals surface area (Å²) in [5.74, 6) is -1.59. The number of benzene rings is 1. The fourth-order valence-electron chi connectivity index (χ4n) is 4.03. The number of aromatic nitrogens is 1. The van der Waals surface area contributed by atoms with E-state index in [9.17, 15) is 18.8 Å². The minimum absolute atomic E-state index is 0.0197. The quantitative estimate of drug-likeness (QED) is 0.710. The molecule has 10 heteroatoms. The number of Topliss-reactive ketones (excluding diaryl/α,β-unsaturated/α-hetero) is 1. The molecule has 1 atom stereocenters. The Bertz CT molecular complexity index is 1020. The van der Waals surface area contributed by atoms with Crippen LogP contribution in [0.15, 0.2) is 24.3 Å². The lowest BCUT2D eigenvalue weighted by Crippen LogP contribution is -2.51. The van der Waals surface area contributed by atoms with E-state index in [4.69, 9.17) is 4.74 Å². The van der Waals surface area contributed by atoms with Crippen molar-refractivity contribution in [3.63, 3.8) is 0 Å². The highest BCUT2D eigenvalue weighted by atomic mass is 32.1. The van der Waals surface area contributed by atoms with Crippen LogP contribution >= 0.6 is 11.3 Å². The van der Waals surface area contributed by atoms with Gasteiger partial charge in [-0.3, -0.25) is 24.6 Å². The number of halogens is 1. The fourth-order valence-corrected chi connectivity index (χ4v) is 4.96. The summed E-state index contributed by atoms with van der Waals surface area (Å²) >= 11 is 1.10. The zero-order valence-electron chi connectivity index (χ0n) is 17.8. The van der Waals surface area contributed by atoms with E-state index in [-0.39, 0.29) is 28.8 Å². The number of piperazine rings is 1. The number of methoxy groups -OCH3 is 1.